The van der Waals surface area contributed by atoms with Gasteiger partial charge in [-0.05, 0) is 37.3 Å². The van der Waals surface area contributed by atoms with Crippen LogP contribution in [0.15, 0.2) is 52.5 Å². The highest BCUT2D eigenvalue weighted by molar-refractivity contribution is 8.00. The number of benzene rings is 2. The van der Waals surface area contributed by atoms with Crippen molar-refractivity contribution in [3.05, 3.63) is 53.8 Å². The summed E-state index contributed by atoms with van der Waals surface area (Å²) < 4.78 is 18.6. The highest BCUT2D eigenvalue weighted by atomic mass is 32.2. The van der Waals surface area contributed by atoms with Crippen LogP contribution in [-0.4, -0.2) is 29.6 Å². The first-order chi connectivity index (χ1) is 11.5. The van der Waals surface area contributed by atoms with E-state index in [2.05, 4.69) is 10.5 Å². The lowest BCUT2D eigenvalue weighted by Crippen LogP contribution is -2.21. The number of hydrogen-bond acceptors (Lipinski definition) is 5. The summed E-state index contributed by atoms with van der Waals surface area (Å²) in [6.45, 7) is 1.65. The van der Waals surface area contributed by atoms with Crippen molar-refractivity contribution in [2.24, 2.45) is 5.10 Å². The van der Waals surface area contributed by atoms with Gasteiger partial charge in [0.1, 0.15) is 17.3 Å². The number of nitrogens with one attached hydrogen (secondary N) is 1. The zero-order valence-corrected chi connectivity index (χ0v) is 14.1. The highest BCUT2D eigenvalue weighted by Crippen LogP contribution is 2.23. The van der Waals surface area contributed by atoms with Crippen molar-refractivity contribution in [1.82, 2.24) is 5.43 Å². The molecule has 1 amide bonds. The molecule has 0 saturated heterocycles. The Balaban J connectivity index is 1.97. The van der Waals surface area contributed by atoms with Crippen LogP contribution < -0.4 is 10.2 Å². The molecule has 0 spiro atoms. The number of carbonyl (C=O) groups is 1. The van der Waals surface area contributed by atoms with Crippen molar-refractivity contribution in [1.29, 1.82) is 0 Å². The van der Waals surface area contributed by atoms with Gasteiger partial charge in [0.05, 0.1) is 18.6 Å². The van der Waals surface area contributed by atoms with Gasteiger partial charge in [-0.3, -0.25) is 4.79 Å². The number of amides is 1. The number of phenolic OH excluding ortho intramolecular Hbond substituents is 1. The minimum Gasteiger partial charge on any atom is -0.507 e. The molecule has 2 N–H and O–H groups in total. The lowest BCUT2D eigenvalue weighted by molar-refractivity contribution is -0.118. The summed E-state index contributed by atoms with van der Waals surface area (Å²) in [5.74, 6) is -0.103. The predicted molar refractivity (Wildman–Crippen MR) is 92.1 cm³/mol. The number of hydrogen-bond donors (Lipinski definition) is 2. The standard InChI is InChI=1S/C17H17FN2O3S/c1-11(13-9-12(23-2)7-8-15(13)21)19-20-17(22)10-24-16-6-4-3-5-14(16)18/h3-9,21H,10H2,1-2H3,(H,20,22)/b19-11+. The molecule has 0 bridgehead atoms. The van der Waals surface area contributed by atoms with E-state index in [0.29, 0.717) is 21.9 Å². The Morgan fingerprint density at radius 1 is 1.33 bits per heavy atom. The summed E-state index contributed by atoms with van der Waals surface area (Å²) in [5.41, 5.74) is 3.27. The molecule has 2 aromatic rings. The number of hydrazone groups is 1. The summed E-state index contributed by atoms with van der Waals surface area (Å²) in [7, 11) is 1.52. The normalized spacial score (nSPS) is 11.2. The maximum Gasteiger partial charge on any atom is 0.250 e. The summed E-state index contributed by atoms with van der Waals surface area (Å²) in [6.07, 6.45) is 0. The zero-order valence-electron chi connectivity index (χ0n) is 13.2. The van der Waals surface area contributed by atoms with E-state index in [1.54, 1.807) is 37.3 Å². The maximum atomic E-state index is 13.5. The smallest absolute Gasteiger partial charge is 0.250 e. The van der Waals surface area contributed by atoms with E-state index in [4.69, 9.17) is 4.74 Å². The molecule has 7 heteroatoms. The quantitative estimate of drug-likeness (QED) is 0.478. The molecule has 0 heterocycles. The number of halogens is 1. The van der Waals surface area contributed by atoms with E-state index in [-0.39, 0.29) is 23.2 Å². The second-order valence-electron chi connectivity index (χ2n) is 4.83. The monoisotopic (exact) mass is 348 g/mol. The molecule has 126 valence electrons. The number of phenols is 1. The van der Waals surface area contributed by atoms with E-state index in [9.17, 15) is 14.3 Å². The molecule has 0 aromatic heterocycles. The summed E-state index contributed by atoms with van der Waals surface area (Å²) in [4.78, 5) is 12.2. The molecular weight excluding hydrogens is 331 g/mol. The number of carbonyl (C=O) groups excluding carboxylic acids is 1. The van der Waals surface area contributed by atoms with E-state index in [1.165, 1.54) is 19.2 Å². The SMILES string of the molecule is COc1ccc(O)c(/C(C)=N/NC(=O)CSc2ccccc2F)c1. The fourth-order valence-corrected chi connectivity index (χ4v) is 2.61. The number of thioether (sulfide) groups is 1. The zero-order chi connectivity index (χ0) is 17.5. The van der Waals surface area contributed by atoms with Gasteiger partial charge in [0.2, 0.25) is 5.91 Å². The van der Waals surface area contributed by atoms with Crippen LogP contribution in [0.1, 0.15) is 12.5 Å². The molecule has 0 aliphatic carbocycles. The Labute approximate surface area is 143 Å². The van der Waals surface area contributed by atoms with Gasteiger partial charge in [0.15, 0.2) is 0 Å². The topological polar surface area (TPSA) is 70.9 Å². The van der Waals surface area contributed by atoms with Crippen LogP contribution in [0.25, 0.3) is 0 Å². The Morgan fingerprint density at radius 3 is 2.79 bits per heavy atom. The van der Waals surface area contributed by atoms with Crippen LogP contribution in [0.5, 0.6) is 11.5 Å². The van der Waals surface area contributed by atoms with Crippen LogP contribution >= 0.6 is 11.8 Å². The molecule has 0 unspecified atom stereocenters. The second kappa shape index (κ2) is 8.35. The van der Waals surface area contributed by atoms with Gasteiger partial charge >= 0.3 is 0 Å². The summed E-state index contributed by atoms with van der Waals surface area (Å²) >= 11 is 1.09. The Morgan fingerprint density at radius 2 is 2.08 bits per heavy atom. The van der Waals surface area contributed by atoms with Crippen molar-refractivity contribution in [2.75, 3.05) is 12.9 Å². The third-order valence-corrected chi connectivity index (χ3v) is 4.19. The van der Waals surface area contributed by atoms with Crippen LogP contribution in [0.3, 0.4) is 0 Å². The lowest BCUT2D eigenvalue weighted by Gasteiger charge is -2.07. The summed E-state index contributed by atoms with van der Waals surface area (Å²) in [5, 5.41) is 13.8. The number of nitrogens with zero attached hydrogens (tertiary/aromatic N) is 1. The van der Waals surface area contributed by atoms with Crippen molar-refractivity contribution >= 4 is 23.4 Å². The van der Waals surface area contributed by atoms with Crippen LogP contribution in [0.2, 0.25) is 0 Å². The minimum absolute atomic E-state index is 0.0296. The molecule has 0 fully saturated rings. The fourth-order valence-electron chi connectivity index (χ4n) is 1.88. The van der Waals surface area contributed by atoms with Gasteiger partial charge in [-0.2, -0.15) is 5.10 Å². The van der Waals surface area contributed by atoms with Gasteiger partial charge in [-0.1, -0.05) is 12.1 Å². The summed E-state index contributed by atoms with van der Waals surface area (Å²) in [6, 6.07) is 11.0. The Hall–Kier alpha value is -2.54. The molecule has 0 saturated carbocycles. The molecule has 5 nitrogen and oxygen atoms in total. The first-order valence-corrected chi connectivity index (χ1v) is 8.07. The van der Waals surface area contributed by atoms with Gasteiger partial charge < -0.3 is 9.84 Å². The van der Waals surface area contributed by atoms with E-state index >= 15 is 0 Å². The number of aromatic hydroxyl groups is 1. The number of rotatable bonds is 6. The third kappa shape index (κ3) is 4.73. The molecule has 0 aliphatic heterocycles. The van der Waals surface area contributed by atoms with Crippen molar-refractivity contribution in [3.63, 3.8) is 0 Å². The minimum atomic E-state index is -0.370. The average molecular weight is 348 g/mol. The second-order valence-corrected chi connectivity index (χ2v) is 5.85. The van der Waals surface area contributed by atoms with E-state index in [0.717, 1.165) is 11.8 Å². The van der Waals surface area contributed by atoms with Gasteiger partial charge in [-0.15, -0.1) is 11.8 Å². The largest absolute Gasteiger partial charge is 0.507 e. The predicted octanol–water partition coefficient (Wildman–Crippen LogP) is 3.17. The molecule has 2 aromatic carbocycles. The van der Waals surface area contributed by atoms with Gasteiger partial charge in [0, 0.05) is 10.5 Å². The molecular formula is C17H17FN2O3S. The Bertz CT molecular complexity index is 765. The van der Waals surface area contributed by atoms with Crippen molar-refractivity contribution in [2.45, 2.75) is 11.8 Å². The Kier molecular flexibility index (Phi) is 6.20. The van der Waals surface area contributed by atoms with Crippen molar-refractivity contribution in [3.8, 4) is 11.5 Å². The number of methoxy groups -OCH3 is 1. The first-order valence-electron chi connectivity index (χ1n) is 7.09. The molecule has 0 atom stereocenters. The molecule has 24 heavy (non-hydrogen) atoms. The lowest BCUT2D eigenvalue weighted by atomic mass is 10.1. The van der Waals surface area contributed by atoms with Crippen LogP contribution in [0, 0.1) is 5.82 Å². The first kappa shape index (κ1) is 17.8. The van der Waals surface area contributed by atoms with Gasteiger partial charge in [0.25, 0.3) is 0 Å². The van der Waals surface area contributed by atoms with Gasteiger partial charge in [-0.25, -0.2) is 9.82 Å². The molecule has 0 radical (unpaired) electrons. The average Bonchev–Trinajstić information content (AvgIpc) is 2.59. The molecule has 0 aliphatic rings. The van der Waals surface area contributed by atoms with E-state index < -0.39 is 0 Å². The maximum absolute atomic E-state index is 13.5. The van der Waals surface area contributed by atoms with Crippen LogP contribution in [-0.2, 0) is 4.79 Å². The third-order valence-electron chi connectivity index (χ3n) is 3.14. The van der Waals surface area contributed by atoms with Crippen molar-refractivity contribution < 1.29 is 19.0 Å². The molecule has 2 rings (SSSR count). The fraction of sp³-hybridized carbons (Fsp3) is 0.176. The number of ether oxygens (including phenoxy) is 1. The van der Waals surface area contributed by atoms with Crippen LogP contribution in [0.4, 0.5) is 4.39 Å². The van der Waals surface area contributed by atoms with E-state index in [1.807, 2.05) is 0 Å². The highest BCUT2D eigenvalue weighted by Gasteiger charge is 2.09.